The first-order valence-corrected chi connectivity index (χ1v) is 8.22. The zero-order valence-corrected chi connectivity index (χ0v) is 13.0. The third kappa shape index (κ3) is 2.62. The first-order valence-electron chi connectivity index (χ1n) is 7.43. The SMILES string of the molecule is O=C(c1ccc(F)c(Br)c1)N1CCCC1C1CCCC1. The number of likely N-dealkylation sites (tertiary alicyclic amines) is 1. The summed E-state index contributed by atoms with van der Waals surface area (Å²) in [5.74, 6) is 0.403. The highest BCUT2D eigenvalue weighted by molar-refractivity contribution is 9.10. The minimum Gasteiger partial charge on any atom is -0.335 e. The lowest BCUT2D eigenvalue weighted by Crippen LogP contribution is -2.39. The molecule has 0 N–H and O–H groups in total. The number of benzene rings is 1. The fourth-order valence-corrected chi connectivity index (χ4v) is 4.05. The van der Waals surface area contributed by atoms with Gasteiger partial charge < -0.3 is 4.90 Å². The zero-order valence-electron chi connectivity index (χ0n) is 11.4. The van der Waals surface area contributed by atoms with Gasteiger partial charge in [0, 0.05) is 18.2 Å². The maximum Gasteiger partial charge on any atom is 0.254 e. The van der Waals surface area contributed by atoms with Crippen molar-refractivity contribution in [2.24, 2.45) is 5.92 Å². The van der Waals surface area contributed by atoms with Crippen LogP contribution in [0.3, 0.4) is 0 Å². The van der Waals surface area contributed by atoms with Crippen LogP contribution in [0.2, 0.25) is 0 Å². The second-order valence-corrected chi connectivity index (χ2v) is 6.74. The summed E-state index contributed by atoms with van der Waals surface area (Å²) in [6.45, 7) is 0.842. The summed E-state index contributed by atoms with van der Waals surface area (Å²) in [4.78, 5) is 14.7. The Bertz CT molecular complexity index is 513. The van der Waals surface area contributed by atoms with E-state index in [4.69, 9.17) is 0 Å². The highest BCUT2D eigenvalue weighted by atomic mass is 79.9. The molecule has 0 spiro atoms. The molecule has 2 fully saturated rings. The number of hydrogen-bond donors (Lipinski definition) is 0. The molecule has 1 aliphatic carbocycles. The molecule has 1 aromatic rings. The molecule has 1 aromatic carbocycles. The van der Waals surface area contributed by atoms with Crippen molar-refractivity contribution < 1.29 is 9.18 Å². The van der Waals surface area contributed by atoms with Crippen LogP contribution in [0, 0.1) is 11.7 Å². The standard InChI is InChI=1S/C16H19BrFNO/c17-13-10-12(7-8-14(13)18)16(20)19-9-3-6-15(19)11-4-1-2-5-11/h7-8,10-11,15H,1-6,9H2. The van der Waals surface area contributed by atoms with E-state index in [1.165, 1.54) is 31.7 Å². The Morgan fingerprint density at radius 3 is 2.65 bits per heavy atom. The highest BCUT2D eigenvalue weighted by Gasteiger charge is 2.36. The van der Waals surface area contributed by atoms with Gasteiger partial charge in [0.25, 0.3) is 5.91 Å². The summed E-state index contributed by atoms with van der Waals surface area (Å²) in [5, 5.41) is 0. The van der Waals surface area contributed by atoms with Crippen LogP contribution in [0.1, 0.15) is 48.9 Å². The van der Waals surface area contributed by atoms with Gasteiger partial charge in [-0.25, -0.2) is 4.39 Å². The quantitative estimate of drug-likeness (QED) is 0.782. The van der Waals surface area contributed by atoms with Gasteiger partial charge in [-0.1, -0.05) is 12.8 Å². The molecule has 1 heterocycles. The van der Waals surface area contributed by atoms with Crippen molar-refractivity contribution in [2.45, 2.75) is 44.6 Å². The molecule has 0 radical (unpaired) electrons. The average molecular weight is 340 g/mol. The molecule has 1 amide bonds. The second kappa shape index (κ2) is 5.84. The van der Waals surface area contributed by atoms with Gasteiger partial charge >= 0.3 is 0 Å². The third-order valence-electron chi connectivity index (χ3n) is 4.67. The van der Waals surface area contributed by atoms with E-state index < -0.39 is 0 Å². The second-order valence-electron chi connectivity index (χ2n) is 5.88. The number of nitrogens with zero attached hydrogens (tertiary/aromatic N) is 1. The first-order chi connectivity index (χ1) is 9.66. The largest absolute Gasteiger partial charge is 0.335 e. The van der Waals surface area contributed by atoms with Gasteiger partial charge in [-0.15, -0.1) is 0 Å². The van der Waals surface area contributed by atoms with Crippen molar-refractivity contribution in [1.29, 1.82) is 0 Å². The van der Waals surface area contributed by atoms with Gasteiger partial charge in [0.05, 0.1) is 4.47 Å². The number of hydrogen-bond acceptors (Lipinski definition) is 1. The summed E-state index contributed by atoms with van der Waals surface area (Å²) < 4.78 is 13.7. The highest BCUT2D eigenvalue weighted by Crippen LogP contribution is 2.36. The molecule has 1 unspecified atom stereocenters. The molecule has 3 rings (SSSR count). The Morgan fingerprint density at radius 2 is 1.95 bits per heavy atom. The van der Waals surface area contributed by atoms with Crippen molar-refractivity contribution in [3.63, 3.8) is 0 Å². The zero-order chi connectivity index (χ0) is 14.1. The number of carbonyl (C=O) groups is 1. The average Bonchev–Trinajstić information content (AvgIpc) is 3.10. The number of halogens is 2. The van der Waals surface area contributed by atoms with Crippen LogP contribution in [0.25, 0.3) is 0 Å². The summed E-state index contributed by atoms with van der Waals surface area (Å²) in [7, 11) is 0. The van der Waals surface area contributed by atoms with E-state index in [9.17, 15) is 9.18 Å². The van der Waals surface area contributed by atoms with Crippen molar-refractivity contribution >= 4 is 21.8 Å². The monoisotopic (exact) mass is 339 g/mol. The lowest BCUT2D eigenvalue weighted by molar-refractivity contribution is 0.0689. The molecule has 1 atom stereocenters. The van der Waals surface area contributed by atoms with E-state index in [2.05, 4.69) is 15.9 Å². The minimum atomic E-state index is -0.324. The summed E-state index contributed by atoms with van der Waals surface area (Å²) in [5.41, 5.74) is 0.586. The fourth-order valence-electron chi connectivity index (χ4n) is 3.67. The molecule has 20 heavy (non-hydrogen) atoms. The van der Waals surface area contributed by atoms with E-state index in [-0.39, 0.29) is 11.7 Å². The summed E-state index contributed by atoms with van der Waals surface area (Å²) >= 11 is 3.16. The van der Waals surface area contributed by atoms with E-state index in [1.807, 2.05) is 4.90 Å². The number of rotatable bonds is 2. The van der Waals surface area contributed by atoms with Crippen LogP contribution in [0.5, 0.6) is 0 Å². The lowest BCUT2D eigenvalue weighted by atomic mass is 9.95. The lowest BCUT2D eigenvalue weighted by Gasteiger charge is -2.29. The third-order valence-corrected chi connectivity index (χ3v) is 5.28. The molecule has 4 heteroatoms. The van der Waals surface area contributed by atoms with Crippen molar-refractivity contribution in [1.82, 2.24) is 4.90 Å². The number of amides is 1. The molecular formula is C16H19BrFNO. The Morgan fingerprint density at radius 1 is 1.20 bits per heavy atom. The van der Waals surface area contributed by atoms with Crippen LogP contribution in [-0.2, 0) is 0 Å². The smallest absolute Gasteiger partial charge is 0.254 e. The van der Waals surface area contributed by atoms with Gasteiger partial charge in [0.2, 0.25) is 0 Å². The Kier molecular flexibility index (Phi) is 4.11. The molecular weight excluding hydrogens is 321 g/mol. The van der Waals surface area contributed by atoms with Crippen LogP contribution in [0.15, 0.2) is 22.7 Å². The fraction of sp³-hybridized carbons (Fsp3) is 0.562. The van der Waals surface area contributed by atoms with Gasteiger partial charge in [0.1, 0.15) is 5.82 Å². The van der Waals surface area contributed by atoms with E-state index in [1.54, 1.807) is 12.1 Å². The number of carbonyl (C=O) groups excluding carboxylic acids is 1. The predicted molar refractivity (Wildman–Crippen MR) is 80.1 cm³/mol. The van der Waals surface area contributed by atoms with Gasteiger partial charge in [0.15, 0.2) is 0 Å². The Balaban J connectivity index is 1.79. The first kappa shape index (κ1) is 14.1. The van der Waals surface area contributed by atoms with Gasteiger partial charge in [-0.2, -0.15) is 0 Å². The van der Waals surface area contributed by atoms with Crippen LogP contribution in [0.4, 0.5) is 4.39 Å². The minimum absolute atomic E-state index is 0.0556. The van der Waals surface area contributed by atoms with Crippen molar-refractivity contribution in [3.8, 4) is 0 Å². The maximum atomic E-state index is 13.3. The molecule has 1 saturated heterocycles. The Hall–Kier alpha value is -0.900. The Labute approximate surface area is 127 Å². The van der Waals surface area contributed by atoms with Crippen LogP contribution in [-0.4, -0.2) is 23.4 Å². The molecule has 2 aliphatic rings. The summed E-state index contributed by atoms with van der Waals surface area (Å²) in [6, 6.07) is 4.94. The topological polar surface area (TPSA) is 20.3 Å². The summed E-state index contributed by atoms with van der Waals surface area (Å²) in [6.07, 6.45) is 7.31. The molecule has 1 saturated carbocycles. The molecule has 108 valence electrons. The van der Waals surface area contributed by atoms with E-state index >= 15 is 0 Å². The van der Waals surface area contributed by atoms with Gasteiger partial charge in [-0.3, -0.25) is 4.79 Å². The maximum absolute atomic E-state index is 13.3. The van der Waals surface area contributed by atoms with Crippen molar-refractivity contribution in [2.75, 3.05) is 6.54 Å². The molecule has 0 bridgehead atoms. The van der Waals surface area contributed by atoms with Crippen LogP contribution >= 0.6 is 15.9 Å². The molecule has 0 aromatic heterocycles. The molecule has 1 aliphatic heterocycles. The van der Waals surface area contributed by atoms with E-state index in [0.29, 0.717) is 22.0 Å². The van der Waals surface area contributed by atoms with Gasteiger partial charge in [-0.05, 0) is 65.7 Å². The molecule has 2 nitrogen and oxygen atoms in total. The van der Waals surface area contributed by atoms with E-state index in [0.717, 1.165) is 19.4 Å². The predicted octanol–water partition coefficient (Wildman–Crippen LogP) is 4.38. The van der Waals surface area contributed by atoms with Crippen molar-refractivity contribution in [3.05, 3.63) is 34.1 Å². The van der Waals surface area contributed by atoms with Crippen LogP contribution < -0.4 is 0 Å². The normalized spacial score (nSPS) is 23.5.